The highest BCUT2D eigenvalue weighted by Crippen LogP contribution is 2.53. The average Bonchev–Trinajstić information content (AvgIpc) is 2.83. The molecule has 0 heterocycles. The first-order valence-electron chi connectivity index (χ1n) is 12.9. The van der Waals surface area contributed by atoms with Crippen LogP contribution in [0.4, 0.5) is 4.39 Å². The van der Waals surface area contributed by atoms with Crippen LogP contribution in [0.5, 0.6) is 5.75 Å². The van der Waals surface area contributed by atoms with Crippen LogP contribution in [0, 0.1) is 17.7 Å². The number of primary amides is 1. The largest absolute Gasteiger partial charge is 0.508 e. The van der Waals surface area contributed by atoms with Crippen LogP contribution >= 0.6 is 0 Å². The van der Waals surface area contributed by atoms with E-state index in [2.05, 4.69) is 0 Å². The van der Waals surface area contributed by atoms with Gasteiger partial charge in [-0.2, -0.15) is 0 Å². The summed E-state index contributed by atoms with van der Waals surface area (Å²) in [5.74, 6) is -8.25. The summed E-state index contributed by atoms with van der Waals surface area (Å²) >= 11 is 0. The number of aliphatic hydroxyl groups excluding tert-OH is 2. The van der Waals surface area contributed by atoms with Crippen molar-refractivity contribution < 1.29 is 39.2 Å². The van der Waals surface area contributed by atoms with Gasteiger partial charge in [0.2, 0.25) is 5.78 Å². The molecule has 1 saturated carbocycles. The van der Waals surface area contributed by atoms with E-state index in [-0.39, 0.29) is 47.2 Å². The first kappa shape index (κ1) is 28.7. The number of ketones is 2. The fourth-order valence-electron chi connectivity index (χ4n) is 6.20. The molecule has 39 heavy (non-hydrogen) atoms. The molecule has 1 amide bonds. The number of phenolic OH excluding ortho intramolecular Hbond substituents is 1. The van der Waals surface area contributed by atoms with Gasteiger partial charge < -0.3 is 26.2 Å². The van der Waals surface area contributed by atoms with Crippen LogP contribution in [0.15, 0.2) is 23.0 Å². The van der Waals surface area contributed by atoms with Crippen molar-refractivity contribution in [2.45, 2.75) is 63.8 Å². The molecule has 6 N–H and O–H groups in total. The molecule has 10 nitrogen and oxygen atoms in total. The first-order valence-corrected chi connectivity index (χ1v) is 12.9. The van der Waals surface area contributed by atoms with Crippen molar-refractivity contribution in [2.75, 3.05) is 21.1 Å². The van der Waals surface area contributed by atoms with Gasteiger partial charge in [-0.15, -0.1) is 0 Å². The summed E-state index contributed by atoms with van der Waals surface area (Å²) in [5.41, 5.74) is 1.14. The lowest BCUT2D eigenvalue weighted by molar-refractivity contribution is -0.153. The summed E-state index contributed by atoms with van der Waals surface area (Å²) in [6, 6.07) is 0.0133. The number of Topliss-reactive ketones (excluding diaryl/α,β-unsaturated/α-hetero) is 2. The minimum Gasteiger partial charge on any atom is -0.508 e. The number of phenols is 1. The Hall–Kier alpha value is -3.28. The lowest BCUT2D eigenvalue weighted by atomic mass is 9.57. The summed E-state index contributed by atoms with van der Waals surface area (Å²) in [6.45, 7) is 6.22. The van der Waals surface area contributed by atoms with E-state index in [0.717, 1.165) is 6.42 Å². The molecule has 0 saturated heterocycles. The normalized spacial score (nSPS) is 27.2. The van der Waals surface area contributed by atoms with Gasteiger partial charge in [-0.05, 0) is 66.2 Å². The molecular formula is C28H36FN3O7. The van der Waals surface area contributed by atoms with Crippen molar-refractivity contribution in [2.24, 2.45) is 17.6 Å². The molecule has 3 aliphatic rings. The molecule has 3 aliphatic carbocycles. The van der Waals surface area contributed by atoms with Crippen LogP contribution in [0.2, 0.25) is 0 Å². The van der Waals surface area contributed by atoms with E-state index in [1.54, 1.807) is 0 Å². The molecule has 11 heteroatoms. The van der Waals surface area contributed by atoms with Gasteiger partial charge in [-0.25, -0.2) is 4.39 Å². The highest BCUT2D eigenvalue weighted by Gasteiger charge is 2.64. The summed E-state index contributed by atoms with van der Waals surface area (Å²) in [4.78, 5) is 42.4. The lowest BCUT2D eigenvalue weighted by Crippen LogP contribution is -2.65. The molecule has 0 unspecified atom stereocenters. The zero-order valence-corrected chi connectivity index (χ0v) is 23.0. The Labute approximate surface area is 226 Å². The molecule has 0 bridgehead atoms. The number of fused-ring (bicyclic) bond motifs is 3. The molecule has 0 aromatic heterocycles. The van der Waals surface area contributed by atoms with Crippen molar-refractivity contribution in [1.29, 1.82) is 0 Å². The van der Waals surface area contributed by atoms with Gasteiger partial charge in [0.15, 0.2) is 11.4 Å². The zero-order chi connectivity index (χ0) is 29.4. The number of aliphatic hydroxyl groups is 3. The summed E-state index contributed by atoms with van der Waals surface area (Å²) < 4.78 is 15.9. The molecular weight excluding hydrogens is 509 g/mol. The van der Waals surface area contributed by atoms with Crippen LogP contribution < -0.4 is 5.73 Å². The van der Waals surface area contributed by atoms with Crippen molar-refractivity contribution in [3.05, 3.63) is 45.5 Å². The van der Waals surface area contributed by atoms with Crippen molar-refractivity contribution >= 4 is 23.2 Å². The van der Waals surface area contributed by atoms with Crippen LogP contribution in [0.3, 0.4) is 0 Å². The number of carbonyl (C=O) groups excluding carboxylic acids is 3. The third kappa shape index (κ3) is 4.06. The molecule has 212 valence electrons. The predicted molar refractivity (Wildman–Crippen MR) is 140 cm³/mol. The van der Waals surface area contributed by atoms with E-state index in [4.69, 9.17) is 5.73 Å². The Kier molecular flexibility index (Phi) is 6.94. The SMILES string of the molecule is CCC(C)(C)N(C)Cc1cc(O)c2c(c1F)C[C@H]1C[C@H]3[C@H](N(C)C)C(=O)C(C(N)=O)=C(O)[C@@]3(O)C(=O)C1=C2O. The van der Waals surface area contributed by atoms with Crippen LogP contribution in [-0.2, 0) is 27.3 Å². The minimum atomic E-state index is -2.73. The number of rotatable bonds is 6. The Morgan fingerprint density at radius 3 is 2.36 bits per heavy atom. The number of halogens is 1. The third-order valence-electron chi connectivity index (χ3n) is 9.04. The second-order valence-electron chi connectivity index (χ2n) is 11.7. The molecule has 0 radical (unpaired) electrons. The van der Waals surface area contributed by atoms with Crippen molar-refractivity contribution in [1.82, 2.24) is 9.80 Å². The van der Waals surface area contributed by atoms with Gasteiger partial charge in [0.1, 0.15) is 28.7 Å². The minimum absolute atomic E-state index is 0.0262. The Morgan fingerprint density at radius 2 is 1.82 bits per heavy atom. The predicted octanol–water partition coefficient (Wildman–Crippen LogP) is 1.72. The maximum absolute atomic E-state index is 15.9. The molecule has 4 atom stereocenters. The maximum Gasteiger partial charge on any atom is 0.255 e. The van der Waals surface area contributed by atoms with Gasteiger partial charge in [0.05, 0.1) is 11.6 Å². The van der Waals surface area contributed by atoms with E-state index in [1.165, 1.54) is 25.1 Å². The van der Waals surface area contributed by atoms with Gasteiger partial charge >= 0.3 is 0 Å². The van der Waals surface area contributed by atoms with E-state index in [9.17, 15) is 34.8 Å². The van der Waals surface area contributed by atoms with Gasteiger partial charge in [-0.3, -0.25) is 24.2 Å². The monoisotopic (exact) mass is 545 g/mol. The maximum atomic E-state index is 15.9. The van der Waals surface area contributed by atoms with E-state index >= 15 is 4.39 Å². The molecule has 4 rings (SSSR count). The molecule has 1 aromatic carbocycles. The number of benzene rings is 1. The van der Waals surface area contributed by atoms with Gasteiger partial charge in [0, 0.05) is 34.7 Å². The number of hydrogen-bond donors (Lipinski definition) is 5. The number of nitrogens with zero attached hydrogens (tertiary/aromatic N) is 2. The lowest BCUT2D eigenvalue weighted by Gasteiger charge is -2.50. The summed E-state index contributed by atoms with van der Waals surface area (Å²) in [6.07, 6.45) is 0.607. The number of hydrogen-bond acceptors (Lipinski definition) is 9. The molecule has 0 aliphatic heterocycles. The number of carbonyl (C=O) groups is 3. The summed E-state index contributed by atoms with van der Waals surface area (Å²) in [5, 5.41) is 44.6. The summed E-state index contributed by atoms with van der Waals surface area (Å²) in [7, 11) is 4.88. The smallest absolute Gasteiger partial charge is 0.255 e. The van der Waals surface area contributed by atoms with E-state index in [1.807, 2.05) is 32.7 Å². The van der Waals surface area contributed by atoms with Gasteiger partial charge in [0.25, 0.3) is 5.91 Å². The molecule has 1 fully saturated rings. The standard InChI is InChI=1S/C28H36FN3O7/c1-7-27(2,3)32(6)11-13-10-16(33)18-14(20(13)29)8-12-9-15-21(31(4)5)23(35)19(26(30)38)25(37)28(15,39)24(36)17(12)22(18)34/h10,12,15,21,33-34,37,39H,7-9,11H2,1-6H3,(H2,30,38)/t12-,15-,21-,28-/m0/s1. The zero-order valence-electron chi connectivity index (χ0n) is 23.0. The molecule has 1 aromatic rings. The quantitative estimate of drug-likeness (QED) is 0.335. The molecule has 0 spiro atoms. The Bertz CT molecular complexity index is 1350. The second-order valence-corrected chi connectivity index (χ2v) is 11.7. The van der Waals surface area contributed by atoms with Gasteiger partial charge in [-0.1, -0.05) is 6.92 Å². The first-order chi connectivity index (χ1) is 18.0. The topological polar surface area (TPSA) is 165 Å². The number of aromatic hydroxyl groups is 1. The Balaban J connectivity index is 1.89. The fourth-order valence-corrected chi connectivity index (χ4v) is 6.20. The second kappa shape index (κ2) is 9.42. The van der Waals surface area contributed by atoms with E-state index < -0.39 is 69.6 Å². The number of amides is 1. The van der Waals surface area contributed by atoms with Crippen molar-refractivity contribution in [3.63, 3.8) is 0 Å². The number of nitrogens with two attached hydrogens (primary N) is 1. The van der Waals surface area contributed by atoms with Crippen molar-refractivity contribution in [3.8, 4) is 5.75 Å². The average molecular weight is 546 g/mol. The number of likely N-dealkylation sites (N-methyl/N-ethyl adjacent to an activating group) is 1. The highest BCUT2D eigenvalue weighted by molar-refractivity contribution is 6.24. The van der Waals surface area contributed by atoms with Crippen LogP contribution in [0.25, 0.3) is 5.76 Å². The van der Waals surface area contributed by atoms with Crippen LogP contribution in [0.1, 0.15) is 50.3 Å². The van der Waals surface area contributed by atoms with Crippen LogP contribution in [-0.4, -0.2) is 86.0 Å². The third-order valence-corrected chi connectivity index (χ3v) is 9.04. The highest BCUT2D eigenvalue weighted by atomic mass is 19.1. The Morgan fingerprint density at radius 1 is 1.21 bits per heavy atom. The fraction of sp³-hybridized carbons (Fsp3) is 0.536. The van der Waals surface area contributed by atoms with E-state index in [0.29, 0.717) is 0 Å².